The number of hydrogen-bond donors (Lipinski definition) is 3. The smallest absolute Gasteiger partial charge is 0.242 e. The highest BCUT2D eigenvalue weighted by Gasteiger charge is 2.12. The molecule has 1 aromatic carbocycles. The molecule has 0 saturated carbocycles. The number of nitrogens with two attached hydrogens (primary N) is 1. The Hall–Kier alpha value is -1.91. The highest BCUT2D eigenvalue weighted by atomic mass is 16.5. The maximum atomic E-state index is 11.8. The molecule has 112 valence electrons. The molecule has 0 aliphatic heterocycles. The fourth-order valence-electron chi connectivity index (χ4n) is 1.70. The Labute approximate surface area is 120 Å². The van der Waals surface area contributed by atoms with E-state index in [4.69, 9.17) is 10.5 Å². The van der Waals surface area contributed by atoms with Crippen molar-refractivity contribution in [2.75, 3.05) is 17.6 Å². The molecule has 1 atom stereocenters. The zero-order valence-electron chi connectivity index (χ0n) is 12.7. The average Bonchev–Trinajstić information content (AvgIpc) is 2.39. The number of rotatable bonds is 7. The van der Waals surface area contributed by atoms with Crippen LogP contribution in [0.4, 0.5) is 11.4 Å². The van der Waals surface area contributed by atoms with Crippen molar-refractivity contribution in [1.82, 2.24) is 5.32 Å². The van der Waals surface area contributed by atoms with Gasteiger partial charge in [-0.3, -0.25) is 4.79 Å². The van der Waals surface area contributed by atoms with Gasteiger partial charge in [-0.05, 0) is 39.3 Å². The second-order valence-electron chi connectivity index (χ2n) is 5.08. The van der Waals surface area contributed by atoms with Gasteiger partial charge in [0.25, 0.3) is 0 Å². The summed E-state index contributed by atoms with van der Waals surface area (Å²) in [7, 11) is 0. The van der Waals surface area contributed by atoms with E-state index >= 15 is 0 Å². The number of nitrogens with one attached hydrogen (secondary N) is 2. The molecule has 0 spiro atoms. The van der Waals surface area contributed by atoms with Gasteiger partial charge in [-0.15, -0.1) is 0 Å². The van der Waals surface area contributed by atoms with Gasteiger partial charge >= 0.3 is 0 Å². The van der Waals surface area contributed by atoms with Gasteiger partial charge in [0.1, 0.15) is 11.8 Å². The molecule has 1 aromatic rings. The third kappa shape index (κ3) is 4.99. The van der Waals surface area contributed by atoms with Crippen molar-refractivity contribution >= 4 is 17.3 Å². The third-order valence-corrected chi connectivity index (χ3v) is 2.70. The van der Waals surface area contributed by atoms with Crippen molar-refractivity contribution < 1.29 is 9.53 Å². The summed E-state index contributed by atoms with van der Waals surface area (Å²) in [5, 5.41) is 6.00. The summed E-state index contributed by atoms with van der Waals surface area (Å²) in [6.07, 6.45) is 0.977. The van der Waals surface area contributed by atoms with E-state index in [1.807, 2.05) is 39.8 Å². The van der Waals surface area contributed by atoms with E-state index in [0.29, 0.717) is 18.0 Å². The molecule has 1 amide bonds. The maximum Gasteiger partial charge on any atom is 0.242 e. The molecular weight excluding hydrogens is 254 g/mol. The second kappa shape index (κ2) is 7.62. The molecule has 0 heterocycles. The first-order chi connectivity index (χ1) is 9.43. The number of ether oxygens (including phenoxy) is 1. The Morgan fingerprint density at radius 3 is 2.65 bits per heavy atom. The van der Waals surface area contributed by atoms with Crippen molar-refractivity contribution in [3.8, 4) is 5.75 Å². The lowest BCUT2D eigenvalue weighted by Crippen LogP contribution is -2.37. The minimum absolute atomic E-state index is 0.0185. The molecule has 20 heavy (non-hydrogen) atoms. The summed E-state index contributed by atoms with van der Waals surface area (Å²) < 4.78 is 5.63. The van der Waals surface area contributed by atoms with Gasteiger partial charge in [0.05, 0.1) is 11.8 Å². The number of hydrogen-bond acceptors (Lipinski definition) is 4. The van der Waals surface area contributed by atoms with Crippen LogP contribution in [-0.4, -0.2) is 24.6 Å². The first kappa shape index (κ1) is 16.1. The van der Waals surface area contributed by atoms with E-state index in [1.165, 1.54) is 0 Å². The molecule has 0 aliphatic rings. The first-order valence-electron chi connectivity index (χ1n) is 7.04. The predicted octanol–water partition coefficient (Wildman–Crippen LogP) is 2.38. The summed E-state index contributed by atoms with van der Waals surface area (Å²) in [5.41, 5.74) is 7.27. The van der Waals surface area contributed by atoms with Crippen molar-refractivity contribution in [2.45, 2.75) is 46.3 Å². The molecule has 1 rings (SSSR count). The van der Waals surface area contributed by atoms with E-state index in [2.05, 4.69) is 10.6 Å². The van der Waals surface area contributed by atoms with Crippen molar-refractivity contribution in [3.63, 3.8) is 0 Å². The van der Waals surface area contributed by atoms with Crippen LogP contribution < -0.4 is 21.1 Å². The minimum atomic E-state index is -0.308. The molecule has 0 fully saturated rings. The average molecular weight is 279 g/mol. The fraction of sp³-hybridized carbons (Fsp3) is 0.533. The fourth-order valence-corrected chi connectivity index (χ4v) is 1.70. The lowest BCUT2D eigenvalue weighted by molar-refractivity contribution is -0.121. The van der Waals surface area contributed by atoms with Gasteiger partial charge in [0, 0.05) is 18.3 Å². The van der Waals surface area contributed by atoms with E-state index in [0.717, 1.165) is 12.1 Å². The third-order valence-electron chi connectivity index (χ3n) is 2.70. The number of carbonyl (C=O) groups excluding carboxylic acids is 1. The predicted molar refractivity (Wildman–Crippen MR) is 83.0 cm³/mol. The molecule has 0 radical (unpaired) electrons. The second-order valence-corrected chi connectivity index (χ2v) is 5.08. The Kier molecular flexibility index (Phi) is 6.15. The summed E-state index contributed by atoms with van der Waals surface area (Å²) >= 11 is 0. The van der Waals surface area contributed by atoms with Crippen LogP contribution in [0.1, 0.15) is 34.1 Å². The molecular formula is C15H25N3O2. The maximum absolute atomic E-state index is 11.8. The molecule has 5 heteroatoms. The van der Waals surface area contributed by atoms with Crippen LogP contribution in [0.5, 0.6) is 5.75 Å². The van der Waals surface area contributed by atoms with Crippen LogP contribution in [0.15, 0.2) is 18.2 Å². The van der Waals surface area contributed by atoms with Gasteiger partial charge in [0.2, 0.25) is 5.91 Å². The molecule has 4 N–H and O–H groups in total. The van der Waals surface area contributed by atoms with Crippen LogP contribution in [0, 0.1) is 0 Å². The standard InChI is InChI=1S/C15H25N3O2/c1-5-8-17-15(19)11(4)18-12-6-7-13(16)14(9-12)20-10(2)3/h6-7,9-11,18H,5,8,16H2,1-4H3,(H,17,19). The lowest BCUT2D eigenvalue weighted by Gasteiger charge is -2.17. The zero-order valence-corrected chi connectivity index (χ0v) is 12.7. The van der Waals surface area contributed by atoms with Crippen molar-refractivity contribution in [1.29, 1.82) is 0 Å². The summed E-state index contributed by atoms with van der Waals surface area (Å²) in [5.74, 6) is 0.612. The summed E-state index contributed by atoms with van der Waals surface area (Å²) in [4.78, 5) is 11.8. The molecule has 5 nitrogen and oxygen atoms in total. The van der Waals surface area contributed by atoms with Crippen LogP contribution in [-0.2, 0) is 4.79 Å². The first-order valence-corrected chi connectivity index (χ1v) is 7.04. The van der Waals surface area contributed by atoms with E-state index in [9.17, 15) is 4.79 Å². The Balaban J connectivity index is 2.70. The molecule has 0 aliphatic carbocycles. The monoisotopic (exact) mass is 279 g/mol. The molecule has 0 bridgehead atoms. The lowest BCUT2D eigenvalue weighted by atomic mass is 10.2. The van der Waals surface area contributed by atoms with Gasteiger partial charge in [-0.1, -0.05) is 6.92 Å². The Morgan fingerprint density at radius 2 is 2.05 bits per heavy atom. The summed E-state index contributed by atoms with van der Waals surface area (Å²) in [6, 6.07) is 5.12. The highest BCUT2D eigenvalue weighted by Crippen LogP contribution is 2.26. The van der Waals surface area contributed by atoms with Gasteiger partial charge in [0.15, 0.2) is 0 Å². The topological polar surface area (TPSA) is 76.4 Å². The van der Waals surface area contributed by atoms with Gasteiger partial charge in [-0.2, -0.15) is 0 Å². The highest BCUT2D eigenvalue weighted by molar-refractivity contribution is 5.84. The van der Waals surface area contributed by atoms with E-state index < -0.39 is 0 Å². The minimum Gasteiger partial charge on any atom is -0.489 e. The van der Waals surface area contributed by atoms with Crippen molar-refractivity contribution in [2.24, 2.45) is 0 Å². The SMILES string of the molecule is CCCNC(=O)C(C)Nc1ccc(N)c(OC(C)C)c1. The number of carbonyl (C=O) groups is 1. The zero-order chi connectivity index (χ0) is 15.1. The molecule has 0 saturated heterocycles. The normalized spacial score (nSPS) is 12.1. The quantitative estimate of drug-likeness (QED) is 0.670. The number of nitrogen functional groups attached to an aromatic ring is 1. The van der Waals surface area contributed by atoms with E-state index in [1.54, 1.807) is 6.07 Å². The summed E-state index contributed by atoms with van der Waals surface area (Å²) in [6.45, 7) is 8.42. The number of amides is 1. The Bertz CT molecular complexity index is 447. The molecule has 1 unspecified atom stereocenters. The van der Waals surface area contributed by atoms with Crippen molar-refractivity contribution in [3.05, 3.63) is 18.2 Å². The van der Waals surface area contributed by atoms with Gasteiger partial charge in [-0.25, -0.2) is 0 Å². The number of anilines is 2. The Morgan fingerprint density at radius 1 is 1.35 bits per heavy atom. The largest absolute Gasteiger partial charge is 0.489 e. The van der Waals surface area contributed by atoms with Gasteiger partial charge < -0.3 is 21.1 Å². The van der Waals surface area contributed by atoms with Crippen LogP contribution in [0.25, 0.3) is 0 Å². The number of benzene rings is 1. The van der Waals surface area contributed by atoms with Crippen LogP contribution in [0.3, 0.4) is 0 Å². The molecule has 0 aromatic heterocycles. The van der Waals surface area contributed by atoms with E-state index in [-0.39, 0.29) is 18.1 Å². The van der Waals surface area contributed by atoms with Crippen LogP contribution in [0.2, 0.25) is 0 Å². The van der Waals surface area contributed by atoms with Crippen LogP contribution >= 0.6 is 0 Å².